The predicted molar refractivity (Wildman–Crippen MR) is 81.9 cm³/mol. The third-order valence-corrected chi connectivity index (χ3v) is 3.87. The van der Waals surface area contributed by atoms with Gasteiger partial charge in [-0.25, -0.2) is 0 Å². The van der Waals surface area contributed by atoms with Gasteiger partial charge >= 0.3 is 0 Å². The molecule has 2 aromatic carbocycles. The number of halogens is 1. The average molecular weight is 318 g/mol. The molecule has 0 aromatic heterocycles. The summed E-state index contributed by atoms with van der Waals surface area (Å²) in [5.41, 5.74) is 3.80. The molecule has 98 valence electrons. The van der Waals surface area contributed by atoms with Crippen molar-refractivity contribution in [2.45, 2.75) is 13.5 Å². The van der Waals surface area contributed by atoms with Crippen molar-refractivity contribution in [2.75, 3.05) is 18.1 Å². The molecule has 0 fully saturated rings. The molecule has 0 aliphatic carbocycles. The smallest absolute Gasteiger partial charge is 0.142 e. The standard InChI is InChI=1S/C16H16BrNO/c1-12-2-4-13(5-3-12)11-18-8-9-19-16-7-6-14(17)10-15(16)18/h2-7,10H,8-9,11H2,1H3. The van der Waals surface area contributed by atoms with Gasteiger partial charge in [-0.3, -0.25) is 0 Å². The zero-order chi connectivity index (χ0) is 13.2. The van der Waals surface area contributed by atoms with Gasteiger partial charge in [0.05, 0.1) is 12.2 Å². The van der Waals surface area contributed by atoms with Crippen LogP contribution in [-0.2, 0) is 6.54 Å². The lowest BCUT2D eigenvalue weighted by atomic mass is 10.1. The summed E-state index contributed by atoms with van der Waals surface area (Å²) in [6.45, 7) is 4.72. The summed E-state index contributed by atoms with van der Waals surface area (Å²) in [5, 5.41) is 0. The van der Waals surface area contributed by atoms with E-state index in [0.717, 1.165) is 29.9 Å². The molecule has 2 aromatic rings. The number of fused-ring (bicyclic) bond motifs is 1. The zero-order valence-corrected chi connectivity index (χ0v) is 12.5. The van der Waals surface area contributed by atoms with Gasteiger partial charge in [0.1, 0.15) is 12.4 Å². The number of anilines is 1. The molecule has 0 atom stereocenters. The third kappa shape index (κ3) is 2.76. The lowest BCUT2D eigenvalue weighted by Crippen LogP contribution is -2.32. The Hall–Kier alpha value is -1.48. The highest BCUT2D eigenvalue weighted by molar-refractivity contribution is 9.10. The lowest BCUT2D eigenvalue weighted by molar-refractivity contribution is 0.307. The minimum atomic E-state index is 0.750. The van der Waals surface area contributed by atoms with Crippen LogP contribution in [0.4, 0.5) is 5.69 Å². The van der Waals surface area contributed by atoms with Crippen LogP contribution in [0.2, 0.25) is 0 Å². The van der Waals surface area contributed by atoms with E-state index in [0.29, 0.717) is 0 Å². The average Bonchev–Trinajstić information content (AvgIpc) is 2.42. The number of ether oxygens (including phenoxy) is 1. The Balaban J connectivity index is 1.87. The van der Waals surface area contributed by atoms with Crippen LogP contribution in [-0.4, -0.2) is 13.2 Å². The number of nitrogens with zero attached hydrogens (tertiary/aromatic N) is 1. The summed E-state index contributed by atoms with van der Waals surface area (Å²) >= 11 is 3.53. The van der Waals surface area contributed by atoms with E-state index in [-0.39, 0.29) is 0 Å². The summed E-state index contributed by atoms with van der Waals surface area (Å²) in [6.07, 6.45) is 0. The molecule has 0 N–H and O–H groups in total. The Bertz CT molecular complexity index is 580. The van der Waals surface area contributed by atoms with Gasteiger partial charge < -0.3 is 9.64 Å². The second kappa shape index (κ2) is 5.25. The van der Waals surface area contributed by atoms with Crippen LogP contribution in [0.25, 0.3) is 0 Å². The van der Waals surface area contributed by atoms with E-state index in [9.17, 15) is 0 Å². The van der Waals surface area contributed by atoms with Crippen molar-refractivity contribution < 1.29 is 4.74 Å². The van der Waals surface area contributed by atoms with E-state index in [1.165, 1.54) is 16.8 Å². The summed E-state index contributed by atoms with van der Waals surface area (Å²) in [7, 11) is 0. The lowest BCUT2D eigenvalue weighted by Gasteiger charge is -2.31. The number of rotatable bonds is 2. The van der Waals surface area contributed by atoms with Crippen molar-refractivity contribution in [3.8, 4) is 5.75 Å². The molecular weight excluding hydrogens is 302 g/mol. The summed E-state index contributed by atoms with van der Waals surface area (Å²) < 4.78 is 6.79. The summed E-state index contributed by atoms with van der Waals surface area (Å²) in [5.74, 6) is 0.974. The fraction of sp³-hybridized carbons (Fsp3) is 0.250. The minimum Gasteiger partial charge on any atom is -0.490 e. The molecule has 0 radical (unpaired) electrons. The van der Waals surface area contributed by atoms with Crippen LogP contribution < -0.4 is 9.64 Å². The molecule has 1 heterocycles. The van der Waals surface area contributed by atoms with Gasteiger partial charge in [-0.15, -0.1) is 0 Å². The summed E-state index contributed by atoms with van der Waals surface area (Å²) in [6, 6.07) is 14.9. The molecule has 3 rings (SSSR count). The van der Waals surface area contributed by atoms with Crippen molar-refractivity contribution >= 4 is 21.6 Å². The van der Waals surface area contributed by atoms with Crippen LogP contribution in [0.15, 0.2) is 46.9 Å². The van der Waals surface area contributed by atoms with Crippen LogP contribution in [0.1, 0.15) is 11.1 Å². The summed E-state index contributed by atoms with van der Waals surface area (Å²) in [4.78, 5) is 2.37. The van der Waals surface area contributed by atoms with E-state index in [1.54, 1.807) is 0 Å². The van der Waals surface area contributed by atoms with Gasteiger partial charge in [-0.2, -0.15) is 0 Å². The molecule has 3 heteroatoms. The van der Waals surface area contributed by atoms with E-state index in [4.69, 9.17) is 4.74 Å². The highest BCUT2D eigenvalue weighted by Gasteiger charge is 2.18. The molecular formula is C16H16BrNO. The van der Waals surface area contributed by atoms with Gasteiger partial charge in [0.2, 0.25) is 0 Å². The SMILES string of the molecule is Cc1ccc(CN2CCOc3ccc(Br)cc32)cc1. The maximum absolute atomic E-state index is 5.70. The van der Waals surface area contributed by atoms with Gasteiger partial charge in [-0.1, -0.05) is 45.8 Å². The minimum absolute atomic E-state index is 0.750. The zero-order valence-electron chi connectivity index (χ0n) is 10.9. The number of hydrogen-bond acceptors (Lipinski definition) is 2. The first-order chi connectivity index (χ1) is 9.22. The monoisotopic (exact) mass is 317 g/mol. The maximum Gasteiger partial charge on any atom is 0.142 e. The topological polar surface area (TPSA) is 12.5 Å². The molecule has 0 amide bonds. The molecule has 0 saturated heterocycles. The maximum atomic E-state index is 5.70. The molecule has 2 nitrogen and oxygen atoms in total. The van der Waals surface area contributed by atoms with Gasteiger partial charge in [0, 0.05) is 11.0 Å². The molecule has 19 heavy (non-hydrogen) atoms. The van der Waals surface area contributed by atoms with Gasteiger partial charge in [0.15, 0.2) is 0 Å². The van der Waals surface area contributed by atoms with Gasteiger partial charge in [0.25, 0.3) is 0 Å². The second-order valence-corrected chi connectivity index (χ2v) is 5.78. The third-order valence-electron chi connectivity index (χ3n) is 3.37. The Morgan fingerprint density at radius 2 is 1.95 bits per heavy atom. The van der Waals surface area contributed by atoms with E-state index < -0.39 is 0 Å². The Morgan fingerprint density at radius 3 is 2.74 bits per heavy atom. The van der Waals surface area contributed by atoms with Crippen molar-refractivity contribution in [1.29, 1.82) is 0 Å². The first kappa shape index (κ1) is 12.5. The van der Waals surface area contributed by atoms with E-state index >= 15 is 0 Å². The molecule has 1 aliphatic heterocycles. The molecule has 0 unspecified atom stereocenters. The number of hydrogen-bond donors (Lipinski definition) is 0. The van der Waals surface area contributed by atoms with Crippen LogP contribution in [0.3, 0.4) is 0 Å². The Labute approximate surface area is 122 Å². The fourth-order valence-electron chi connectivity index (χ4n) is 2.32. The number of benzene rings is 2. The molecule has 0 bridgehead atoms. The van der Waals surface area contributed by atoms with E-state index in [2.05, 4.69) is 58.1 Å². The molecule has 0 spiro atoms. The Morgan fingerprint density at radius 1 is 1.16 bits per heavy atom. The Kier molecular flexibility index (Phi) is 3.47. The molecule has 0 saturated carbocycles. The van der Waals surface area contributed by atoms with Gasteiger partial charge in [-0.05, 0) is 30.7 Å². The van der Waals surface area contributed by atoms with E-state index in [1.807, 2.05) is 12.1 Å². The highest BCUT2D eigenvalue weighted by atomic mass is 79.9. The highest BCUT2D eigenvalue weighted by Crippen LogP contribution is 2.34. The van der Waals surface area contributed by atoms with Crippen LogP contribution >= 0.6 is 15.9 Å². The number of aryl methyl sites for hydroxylation is 1. The fourth-order valence-corrected chi connectivity index (χ4v) is 2.67. The normalized spacial score (nSPS) is 13.9. The van der Waals surface area contributed by atoms with Crippen molar-refractivity contribution in [3.05, 3.63) is 58.1 Å². The van der Waals surface area contributed by atoms with Crippen LogP contribution in [0.5, 0.6) is 5.75 Å². The first-order valence-corrected chi connectivity index (χ1v) is 7.24. The predicted octanol–water partition coefficient (Wildman–Crippen LogP) is 4.16. The van der Waals surface area contributed by atoms with Crippen LogP contribution in [0, 0.1) is 6.92 Å². The van der Waals surface area contributed by atoms with Crippen molar-refractivity contribution in [2.24, 2.45) is 0 Å². The van der Waals surface area contributed by atoms with Crippen molar-refractivity contribution in [1.82, 2.24) is 0 Å². The second-order valence-electron chi connectivity index (χ2n) is 4.87. The largest absolute Gasteiger partial charge is 0.490 e. The van der Waals surface area contributed by atoms with Crippen molar-refractivity contribution in [3.63, 3.8) is 0 Å². The quantitative estimate of drug-likeness (QED) is 0.824. The first-order valence-electron chi connectivity index (χ1n) is 6.45. The molecule has 1 aliphatic rings.